The van der Waals surface area contributed by atoms with Crippen LogP contribution < -0.4 is 0 Å². The summed E-state index contributed by atoms with van der Waals surface area (Å²) in [5.41, 5.74) is 1.28. The van der Waals surface area contributed by atoms with Gasteiger partial charge in [0.25, 0.3) is 0 Å². The fourth-order valence-electron chi connectivity index (χ4n) is 3.24. The molecule has 0 radical (unpaired) electrons. The first-order valence-corrected chi connectivity index (χ1v) is 7.65. The summed E-state index contributed by atoms with van der Waals surface area (Å²) in [6.45, 7) is 0. The summed E-state index contributed by atoms with van der Waals surface area (Å²) >= 11 is 0. The second-order valence-corrected chi connectivity index (χ2v) is 5.90. The highest BCUT2D eigenvalue weighted by Gasteiger charge is 2.29. The summed E-state index contributed by atoms with van der Waals surface area (Å²) in [4.78, 5) is 17.8. The van der Waals surface area contributed by atoms with E-state index in [0.717, 1.165) is 12.3 Å². The number of rotatable bonds is 4. The third-order valence-electron chi connectivity index (χ3n) is 4.35. The van der Waals surface area contributed by atoms with E-state index in [1.807, 2.05) is 30.3 Å². The molecule has 1 saturated carbocycles. The van der Waals surface area contributed by atoms with Crippen molar-refractivity contribution >= 4 is 11.5 Å². The van der Waals surface area contributed by atoms with Crippen LogP contribution in [0, 0.1) is 5.92 Å². The molecule has 1 aromatic carbocycles. The number of hydrogen-bond donors (Lipinski definition) is 0. The van der Waals surface area contributed by atoms with Crippen LogP contribution in [-0.4, -0.2) is 17.6 Å². The molecule has 1 atom stereocenters. The molecular weight excluding hydrogens is 250 g/mol. The Morgan fingerprint density at radius 1 is 1.15 bits per heavy atom. The Bertz CT molecular complexity index is 489. The van der Waals surface area contributed by atoms with E-state index in [0.29, 0.717) is 17.7 Å². The van der Waals surface area contributed by atoms with Crippen LogP contribution in [0.2, 0.25) is 0 Å². The second kappa shape index (κ2) is 6.21. The highest BCUT2D eigenvalue weighted by Crippen LogP contribution is 2.30. The van der Waals surface area contributed by atoms with Gasteiger partial charge in [-0.3, -0.25) is 4.79 Å². The molecule has 1 unspecified atom stereocenters. The van der Waals surface area contributed by atoms with E-state index in [-0.39, 0.29) is 11.9 Å². The van der Waals surface area contributed by atoms with E-state index in [2.05, 4.69) is 5.16 Å². The lowest BCUT2D eigenvalue weighted by atomic mass is 9.84. The second-order valence-electron chi connectivity index (χ2n) is 5.90. The summed E-state index contributed by atoms with van der Waals surface area (Å²) in [6, 6.07) is 9.33. The van der Waals surface area contributed by atoms with Crippen molar-refractivity contribution in [3.05, 3.63) is 35.9 Å². The summed E-state index contributed by atoms with van der Waals surface area (Å²) < 4.78 is 0. The monoisotopic (exact) mass is 271 g/mol. The standard InChI is InChI=1S/C17H21NO2/c19-17(14-9-5-2-6-10-14)16-12-15(20-18-16)11-13-7-3-1-4-8-13/h2,5-6,9-10,13,15H,1,3-4,7-8,11-12H2. The average Bonchev–Trinajstić information content (AvgIpc) is 2.97. The van der Waals surface area contributed by atoms with Crippen molar-refractivity contribution in [1.29, 1.82) is 0 Å². The predicted octanol–water partition coefficient (Wildman–Crippen LogP) is 3.98. The van der Waals surface area contributed by atoms with E-state index >= 15 is 0 Å². The molecule has 0 amide bonds. The third-order valence-corrected chi connectivity index (χ3v) is 4.35. The fraction of sp³-hybridized carbons (Fsp3) is 0.529. The fourth-order valence-corrected chi connectivity index (χ4v) is 3.24. The van der Waals surface area contributed by atoms with Gasteiger partial charge < -0.3 is 4.84 Å². The molecule has 0 bridgehead atoms. The number of benzene rings is 1. The molecule has 1 aromatic rings. The van der Waals surface area contributed by atoms with Gasteiger partial charge in [-0.2, -0.15) is 0 Å². The van der Waals surface area contributed by atoms with Crippen LogP contribution in [0.3, 0.4) is 0 Å². The van der Waals surface area contributed by atoms with Crippen molar-refractivity contribution in [1.82, 2.24) is 0 Å². The van der Waals surface area contributed by atoms with Gasteiger partial charge in [0.1, 0.15) is 11.8 Å². The van der Waals surface area contributed by atoms with Crippen molar-refractivity contribution in [2.24, 2.45) is 11.1 Å². The minimum Gasteiger partial charge on any atom is -0.392 e. The highest BCUT2D eigenvalue weighted by molar-refractivity contribution is 6.46. The number of carbonyl (C=O) groups is 1. The van der Waals surface area contributed by atoms with Gasteiger partial charge in [-0.05, 0) is 12.3 Å². The number of nitrogens with zero attached hydrogens (tertiary/aromatic N) is 1. The number of carbonyl (C=O) groups excluding carboxylic acids is 1. The summed E-state index contributed by atoms with van der Waals surface area (Å²) in [5, 5.41) is 4.03. The lowest BCUT2D eigenvalue weighted by Gasteiger charge is -2.23. The molecule has 1 aliphatic heterocycles. The van der Waals surface area contributed by atoms with Crippen molar-refractivity contribution in [2.75, 3.05) is 0 Å². The zero-order valence-corrected chi connectivity index (χ0v) is 11.8. The molecule has 0 saturated heterocycles. The Balaban J connectivity index is 1.55. The SMILES string of the molecule is O=C(C1=NOC(CC2CCCCC2)C1)c1ccccc1. The zero-order valence-electron chi connectivity index (χ0n) is 11.8. The van der Waals surface area contributed by atoms with Gasteiger partial charge in [-0.1, -0.05) is 67.6 Å². The quantitative estimate of drug-likeness (QED) is 0.777. The van der Waals surface area contributed by atoms with Crippen molar-refractivity contribution in [3.8, 4) is 0 Å². The van der Waals surface area contributed by atoms with Crippen LogP contribution in [-0.2, 0) is 4.84 Å². The minimum absolute atomic E-state index is 0.0109. The molecule has 2 aliphatic rings. The first-order chi connectivity index (χ1) is 9.83. The van der Waals surface area contributed by atoms with Gasteiger partial charge in [0.15, 0.2) is 0 Å². The Hall–Kier alpha value is -1.64. The van der Waals surface area contributed by atoms with E-state index in [1.165, 1.54) is 32.1 Å². The van der Waals surface area contributed by atoms with E-state index in [4.69, 9.17) is 4.84 Å². The Kier molecular flexibility index (Phi) is 4.14. The Labute approximate surface area is 120 Å². The molecule has 1 aliphatic carbocycles. The van der Waals surface area contributed by atoms with Crippen molar-refractivity contribution in [3.63, 3.8) is 0 Å². The van der Waals surface area contributed by atoms with Crippen LogP contribution in [0.25, 0.3) is 0 Å². The van der Waals surface area contributed by atoms with Crippen molar-refractivity contribution < 1.29 is 9.63 Å². The smallest absolute Gasteiger partial charge is 0.210 e. The van der Waals surface area contributed by atoms with Gasteiger partial charge in [-0.15, -0.1) is 0 Å². The molecule has 20 heavy (non-hydrogen) atoms. The average molecular weight is 271 g/mol. The molecule has 3 nitrogen and oxygen atoms in total. The van der Waals surface area contributed by atoms with Gasteiger partial charge in [-0.25, -0.2) is 0 Å². The van der Waals surface area contributed by atoms with Gasteiger partial charge in [0.05, 0.1) is 0 Å². The predicted molar refractivity (Wildman–Crippen MR) is 78.9 cm³/mol. The van der Waals surface area contributed by atoms with E-state index in [1.54, 1.807) is 0 Å². The molecule has 0 N–H and O–H groups in total. The summed E-state index contributed by atoms with van der Waals surface area (Å²) in [6.07, 6.45) is 8.50. The molecule has 106 valence electrons. The number of hydrogen-bond acceptors (Lipinski definition) is 3. The largest absolute Gasteiger partial charge is 0.392 e. The maximum atomic E-state index is 12.3. The number of ketones is 1. The molecule has 3 rings (SSSR count). The molecule has 1 heterocycles. The topological polar surface area (TPSA) is 38.7 Å². The van der Waals surface area contributed by atoms with E-state index < -0.39 is 0 Å². The maximum Gasteiger partial charge on any atom is 0.210 e. The molecular formula is C17H21NO2. The highest BCUT2D eigenvalue weighted by atomic mass is 16.6. The Morgan fingerprint density at radius 2 is 1.90 bits per heavy atom. The molecule has 0 aromatic heterocycles. The minimum atomic E-state index is 0.0109. The maximum absolute atomic E-state index is 12.3. The van der Waals surface area contributed by atoms with Gasteiger partial charge in [0.2, 0.25) is 5.78 Å². The number of oxime groups is 1. The zero-order chi connectivity index (χ0) is 13.8. The van der Waals surface area contributed by atoms with Gasteiger partial charge in [0, 0.05) is 12.0 Å². The first kappa shape index (κ1) is 13.3. The normalized spacial score (nSPS) is 23.2. The van der Waals surface area contributed by atoms with Crippen LogP contribution in [0.15, 0.2) is 35.5 Å². The Morgan fingerprint density at radius 3 is 2.65 bits per heavy atom. The van der Waals surface area contributed by atoms with E-state index in [9.17, 15) is 4.79 Å². The van der Waals surface area contributed by atoms with Crippen LogP contribution in [0.4, 0.5) is 0 Å². The van der Waals surface area contributed by atoms with Crippen LogP contribution in [0.5, 0.6) is 0 Å². The van der Waals surface area contributed by atoms with Crippen LogP contribution in [0.1, 0.15) is 55.3 Å². The first-order valence-electron chi connectivity index (χ1n) is 7.65. The lowest BCUT2D eigenvalue weighted by Crippen LogP contribution is -2.19. The van der Waals surface area contributed by atoms with Gasteiger partial charge >= 0.3 is 0 Å². The van der Waals surface area contributed by atoms with Crippen molar-refractivity contribution in [2.45, 2.75) is 51.0 Å². The molecule has 3 heteroatoms. The van der Waals surface area contributed by atoms with Crippen LogP contribution >= 0.6 is 0 Å². The molecule has 0 spiro atoms. The molecule has 1 fully saturated rings. The summed E-state index contributed by atoms with van der Waals surface area (Å²) in [5.74, 6) is 0.770. The number of Topliss-reactive ketones (excluding diaryl/α,β-unsaturated/α-hetero) is 1. The third kappa shape index (κ3) is 3.09. The summed E-state index contributed by atoms with van der Waals surface area (Å²) in [7, 11) is 0. The lowest BCUT2D eigenvalue weighted by molar-refractivity contribution is 0.0605.